The van der Waals surface area contributed by atoms with Gasteiger partial charge in [-0.15, -0.1) is 0 Å². The number of benzene rings is 2. The molecule has 0 aliphatic rings. The van der Waals surface area contributed by atoms with E-state index in [1.165, 1.54) is 0 Å². The van der Waals surface area contributed by atoms with Gasteiger partial charge >= 0.3 is 0 Å². The highest BCUT2D eigenvalue weighted by molar-refractivity contribution is 5.97. The Hall–Kier alpha value is -2.29. The van der Waals surface area contributed by atoms with Gasteiger partial charge in [-0.3, -0.25) is 4.79 Å². The number of carbonyl (C=O) groups is 1. The molecule has 0 fully saturated rings. The second kappa shape index (κ2) is 7.48. The van der Waals surface area contributed by atoms with E-state index in [9.17, 15) is 4.79 Å². The summed E-state index contributed by atoms with van der Waals surface area (Å²) in [6.07, 6.45) is 0.913. The van der Waals surface area contributed by atoms with Crippen molar-refractivity contribution in [2.75, 3.05) is 6.61 Å². The number of hydrogen-bond donors (Lipinski definition) is 1. The molecule has 3 heteroatoms. The number of amides is 1. The zero-order valence-electron chi connectivity index (χ0n) is 12.5. The van der Waals surface area contributed by atoms with Crippen LogP contribution in [0, 0.1) is 0 Å². The molecule has 0 aliphatic carbocycles. The molecule has 2 aromatic rings. The van der Waals surface area contributed by atoms with Crippen molar-refractivity contribution in [3.8, 4) is 5.75 Å². The van der Waals surface area contributed by atoms with E-state index >= 15 is 0 Å². The van der Waals surface area contributed by atoms with Crippen molar-refractivity contribution >= 4 is 5.91 Å². The third kappa shape index (κ3) is 4.09. The van der Waals surface area contributed by atoms with Gasteiger partial charge in [0.05, 0.1) is 18.2 Å². The molecular weight excluding hydrogens is 262 g/mol. The summed E-state index contributed by atoms with van der Waals surface area (Å²) in [4.78, 5) is 12.4. The number of ether oxygens (including phenoxy) is 1. The maximum Gasteiger partial charge on any atom is 0.255 e. The van der Waals surface area contributed by atoms with Crippen molar-refractivity contribution < 1.29 is 9.53 Å². The number of nitrogens with one attached hydrogen (secondary N) is 1. The van der Waals surface area contributed by atoms with Crippen LogP contribution in [0.15, 0.2) is 54.6 Å². The standard InChI is InChI=1S/C18H21NO2/c1-3-13-21-17-12-8-7-11-16(17)18(20)19-14(2)15-9-5-4-6-10-15/h4-12,14H,3,13H2,1-2H3,(H,19,20)/t14-/m1/s1. The molecule has 2 aromatic carbocycles. The number of rotatable bonds is 6. The van der Waals surface area contributed by atoms with Crippen molar-refractivity contribution in [3.63, 3.8) is 0 Å². The maximum atomic E-state index is 12.4. The zero-order valence-corrected chi connectivity index (χ0v) is 12.5. The predicted molar refractivity (Wildman–Crippen MR) is 84.6 cm³/mol. The van der Waals surface area contributed by atoms with E-state index in [2.05, 4.69) is 5.32 Å². The lowest BCUT2D eigenvalue weighted by atomic mass is 10.1. The Labute approximate surface area is 126 Å². The van der Waals surface area contributed by atoms with Gasteiger partial charge in [0.15, 0.2) is 0 Å². The molecule has 0 saturated carbocycles. The summed E-state index contributed by atoms with van der Waals surface area (Å²) >= 11 is 0. The molecular formula is C18H21NO2. The molecule has 0 bridgehead atoms. The molecule has 0 unspecified atom stereocenters. The van der Waals surface area contributed by atoms with Gasteiger partial charge in [-0.1, -0.05) is 49.4 Å². The Morgan fingerprint density at radius 1 is 1.10 bits per heavy atom. The SMILES string of the molecule is CCCOc1ccccc1C(=O)N[C@H](C)c1ccccc1. The highest BCUT2D eigenvalue weighted by atomic mass is 16.5. The molecule has 0 aliphatic heterocycles. The van der Waals surface area contributed by atoms with Crippen LogP contribution in [0.4, 0.5) is 0 Å². The molecule has 21 heavy (non-hydrogen) atoms. The fourth-order valence-electron chi connectivity index (χ4n) is 2.09. The molecule has 110 valence electrons. The normalized spacial score (nSPS) is 11.7. The largest absolute Gasteiger partial charge is 0.493 e. The third-order valence-corrected chi connectivity index (χ3v) is 3.24. The summed E-state index contributed by atoms with van der Waals surface area (Å²) < 4.78 is 5.63. The van der Waals surface area contributed by atoms with Gasteiger partial charge in [-0.25, -0.2) is 0 Å². The summed E-state index contributed by atoms with van der Waals surface area (Å²) in [6.45, 7) is 4.63. The first-order valence-electron chi connectivity index (χ1n) is 7.30. The minimum Gasteiger partial charge on any atom is -0.493 e. The molecule has 3 nitrogen and oxygen atoms in total. The van der Waals surface area contributed by atoms with Crippen molar-refractivity contribution in [1.29, 1.82) is 0 Å². The van der Waals surface area contributed by atoms with Crippen LogP contribution in [0.3, 0.4) is 0 Å². The quantitative estimate of drug-likeness (QED) is 0.871. The molecule has 0 radical (unpaired) electrons. The molecule has 0 spiro atoms. The number of carbonyl (C=O) groups excluding carboxylic acids is 1. The average molecular weight is 283 g/mol. The molecule has 1 atom stereocenters. The Balaban J connectivity index is 2.10. The lowest BCUT2D eigenvalue weighted by Gasteiger charge is -2.16. The lowest BCUT2D eigenvalue weighted by molar-refractivity contribution is 0.0936. The van der Waals surface area contributed by atoms with E-state index in [4.69, 9.17) is 4.74 Å². The van der Waals surface area contributed by atoms with Crippen molar-refractivity contribution in [3.05, 3.63) is 65.7 Å². The van der Waals surface area contributed by atoms with Crippen LogP contribution in [0.2, 0.25) is 0 Å². The molecule has 1 N–H and O–H groups in total. The van der Waals surface area contributed by atoms with Gasteiger partial charge in [-0.2, -0.15) is 0 Å². The number of hydrogen-bond acceptors (Lipinski definition) is 2. The van der Waals surface area contributed by atoms with Crippen molar-refractivity contribution in [1.82, 2.24) is 5.32 Å². The smallest absolute Gasteiger partial charge is 0.255 e. The second-order valence-corrected chi connectivity index (χ2v) is 4.95. The predicted octanol–water partition coefficient (Wildman–Crippen LogP) is 3.97. The van der Waals surface area contributed by atoms with E-state index in [-0.39, 0.29) is 11.9 Å². The average Bonchev–Trinajstić information content (AvgIpc) is 2.54. The highest BCUT2D eigenvalue weighted by Crippen LogP contribution is 2.20. The maximum absolute atomic E-state index is 12.4. The first kappa shape index (κ1) is 15.1. The fourth-order valence-corrected chi connectivity index (χ4v) is 2.09. The van der Waals surface area contributed by atoms with Crippen LogP contribution >= 0.6 is 0 Å². The van der Waals surface area contributed by atoms with Gasteiger partial charge in [0.25, 0.3) is 5.91 Å². The minimum absolute atomic E-state index is 0.0436. The summed E-state index contributed by atoms with van der Waals surface area (Å²) in [5, 5.41) is 3.01. The van der Waals surface area contributed by atoms with Gasteiger partial charge in [0.1, 0.15) is 5.75 Å². The summed E-state index contributed by atoms with van der Waals surface area (Å²) in [6, 6.07) is 17.2. The molecule has 2 rings (SSSR count). The lowest BCUT2D eigenvalue weighted by Crippen LogP contribution is -2.27. The van der Waals surface area contributed by atoms with E-state index in [1.54, 1.807) is 6.07 Å². The first-order chi connectivity index (χ1) is 10.2. The summed E-state index contributed by atoms with van der Waals surface area (Å²) in [5.74, 6) is 0.523. The molecule has 0 saturated heterocycles. The Kier molecular flexibility index (Phi) is 5.38. The monoisotopic (exact) mass is 283 g/mol. The van der Waals surface area contributed by atoms with Crippen LogP contribution in [0.25, 0.3) is 0 Å². The van der Waals surface area contributed by atoms with Crippen LogP contribution in [0.1, 0.15) is 42.2 Å². The highest BCUT2D eigenvalue weighted by Gasteiger charge is 2.15. The van der Waals surface area contributed by atoms with Crippen molar-refractivity contribution in [2.24, 2.45) is 0 Å². The Morgan fingerprint density at radius 3 is 2.48 bits per heavy atom. The van der Waals surface area contributed by atoms with Gasteiger partial charge < -0.3 is 10.1 Å². The fraction of sp³-hybridized carbons (Fsp3) is 0.278. The van der Waals surface area contributed by atoms with Gasteiger partial charge in [0, 0.05) is 0 Å². The third-order valence-electron chi connectivity index (χ3n) is 3.24. The molecule has 0 aromatic heterocycles. The molecule has 0 heterocycles. The van der Waals surface area contributed by atoms with Crippen LogP contribution in [0.5, 0.6) is 5.75 Å². The van der Waals surface area contributed by atoms with Crippen molar-refractivity contribution in [2.45, 2.75) is 26.3 Å². The molecule has 1 amide bonds. The van der Waals surface area contributed by atoms with Crippen LogP contribution in [-0.2, 0) is 0 Å². The second-order valence-electron chi connectivity index (χ2n) is 4.95. The minimum atomic E-state index is -0.113. The van der Waals surface area contributed by atoms with E-state index in [1.807, 2.05) is 62.4 Å². The van der Waals surface area contributed by atoms with Gasteiger partial charge in [-0.05, 0) is 31.0 Å². The van der Waals surface area contributed by atoms with Crippen LogP contribution < -0.4 is 10.1 Å². The van der Waals surface area contributed by atoms with Gasteiger partial charge in [0.2, 0.25) is 0 Å². The Bertz CT molecular complexity index is 581. The van der Waals surface area contributed by atoms with E-state index in [0.717, 1.165) is 12.0 Å². The Morgan fingerprint density at radius 2 is 1.76 bits per heavy atom. The topological polar surface area (TPSA) is 38.3 Å². The first-order valence-corrected chi connectivity index (χ1v) is 7.30. The number of para-hydroxylation sites is 1. The summed E-state index contributed by atoms with van der Waals surface area (Å²) in [5.41, 5.74) is 1.66. The van der Waals surface area contributed by atoms with E-state index < -0.39 is 0 Å². The zero-order chi connectivity index (χ0) is 15.1. The van der Waals surface area contributed by atoms with Crippen LogP contribution in [-0.4, -0.2) is 12.5 Å². The van der Waals surface area contributed by atoms with E-state index in [0.29, 0.717) is 17.9 Å². The summed E-state index contributed by atoms with van der Waals surface area (Å²) in [7, 11) is 0.